The first-order valence-electron chi connectivity index (χ1n) is 12.2. The van der Waals surface area contributed by atoms with Crippen molar-refractivity contribution in [2.24, 2.45) is 0 Å². The fourth-order valence-electron chi connectivity index (χ4n) is 3.74. The van der Waals surface area contributed by atoms with E-state index in [9.17, 15) is 26.8 Å². The second kappa shape index (κ2) is 14.5. The fourth-order valence-corrected chi connectivity index (χ4v) is 4.85. The molecule has 13 heteroatoms. The molecule has 10 nitrogen and oxygen atoms in total. The smallest absolute Gasteiger partial charge is 0.328 e. The van der Waals surface area contributed by atoms with E-state index in [0.29, 0.717) is 35.0 Å². The van der Waals surface area contributed by atoms with Crippen molar-refractivity contribution in [3.8, 4) is 5.88 Å². The topological polar surface area (TPSA) is 146 Å². The van der Waals surface area contributed by atoms with Crippen LogP contribution in [0, 0.1) is 6.92 Å². The van der Waals surface area contributed by atoms with Crippen molar-refractivity contribution in [1.82, 2.24) is 9.88 Å². The summed E-state index contributed by atoms with van der Waals surface area (Å²) in [6.07, 6.45) is 0.733. The average molecular weight is 570 g/mol. The van der Waals surface area contributed by atoms with Crippen LogP contribution in [0.15, 0.2) is 53.4 Å². The van der Waals surface area contributed by atoms with E-state index >= 15 is 0 Å². The van der Waals surface area contributed by atoms with Crippen molar-refractivity contribution >= 4 is 27.6 Å². The largest absolute Gasteiger partial charge is 0.478 e. The highest BCUT2D eigenvalue weighted by Gasteiger charge is 2.24. The lowest BCUT2D eigenvalue weighted by Crippen LogP contribution is -2.25. The number of likely N-dealkylation sites (tertiary alicyclic amines) is 1. The Morgan fingerprint density at radius 2 is 1.77 bits per heavy atom. The first-order chi connectivity index (χ1) is 18.3. The van der Waals surface area contributed by atoms with Crippen molar-refractivity contribution in [3.05, 3.63) is 59.8 Å². The lowest BCUT2D eigenvalue weighted by atomic mass is 10.0. The summed E-state index contributed by atoms with van der Waals surface area (Å²) in [7, 11) is -3.87. The molecule has 1 unspecified atom stereocenters. The summed E-state index contributed by atoms with van der Waals surface area (Å²) < 4.78 is 59.6. The first kappa shape index (κ1) is 31.6. The number of aliphatic carboxylic acids is 2. The van der Waals surface area contributed by atoms with Crippen molar-refractivity contribution in [2.45, 2.75) is 57.0 Å². The number of hydrogen-bond acceptors (Lipinski definition) is 7. The molecule has 2 atom stereocenters. The van der Waals surface area contributed by atoms with Crippen LogP contribution >= 0.6 is 0 Å². The van der Waals surface area contributed by atoms with Gasteiger partial charge < -0.3 is 14.9 Å². The number of aromatic nitrogens is 1. The molecule has 1 aromatic heterocycles. The van der Waals surface area contributed by atoms with Gasteiger partial charge in [0.05, 0.1) is 16.3 Å². The number of aryl methyl sites for hydroxylation is 1. The summed E-state index contributed by atoms with van der Waals surface area (Å²) >= 11 is 0. The van der Waals surface area contributed by atoms with Crippen molar-refractivity contribution in [1.29, 1.82) is 0 Å². The predicted molar refractivity (Wildman–Crippen MR) is 141 cm³/mol. The van der Waals surface area contributed by atoms with Gasteiger partial charge in [0.1, 0.15) is 6.10 Å². The number of carboxylic acids is 2. The van der Waals surface area contributed by atoms with Crippen LogP contribution in [-0.2, 0) is 19.6 Å². The maximum atomic E-state index is 12.8. The highest BCUT2D eigenvalue weighted by molar-refractivity contribution is 7.92. The van der Waals surface area contributed by atoms with E-state index in [2.05, 4.69) is 21.5 Å². The van der Waals surface area contributed by atoms with Crippen LogP contribution in [0.3, 0.4) is 0 Å². The Kier molecular flexibility index (Phi) is 11.8. The summed E-state index contributed by atoms with van der Waals surface area (Å²) in [5.74, 6) is -3.01. The maximum Gasteiger partial charge on any atom is 0.328 e. The number of benzene rings is 1. The molecule has 0 radical (unpaired) electrons. The van der Waals surface area contributed by atoms with E-state index in [1.807, 2.05) is 0 Å². The molecule has 3 N–H and O–H groups in total. The molecule has 1 aromatic carbocycles. The second-order valence-corrected chi connectivity index (χ2v) is 10.6. The minimum Gasteiger partial charge on any atom is -0.478 e. The third kappa shape index (κ3) is 10.2. The molecule has 0 bridgehead atoms. The predicted octanol–water partition coefficient (Wildman–Crippen LogP) is 4.13. The normalized spacial score (nSPS) is 16.5. The number of nitrogens with zero attached hydrogens (tertiary/aromatic N) is 2. The molecule has 0 aliphatic carbocycles. The van der Waals surface area contributed by atoms with Crippen LogP contribution in [0.4, 0.5) is 14.5 Å². The molecule has 1 fully saturated rings. The van der Waals surface area contributed by atoms with Crippen LogP contribution in [0.1, 0.15) is 43.9 Å². The summed E-state index contributed by atoms with van der Waals surface area (Å²) in [4.78, 5) is 25.9. The molecule has 1 aliphatic heterocycles. The van der Waals surface area contributed by atoms with Gasteiger partial charge in [-0.2, -0.15) is 0 Å². The third-order valence-electron chi connectivity index (χ3n) is 5.82. The quantitative estimate of drug-likeness (QED) is 0.340. The van der Waals surface area contributed by atoms with E-state index in [1.54, 1.807) is 19.1 Å². The number of anilines is 1. The van der Waals surface area contributed by atoms with E-state index < -0.39 is 34.3 Å². The molecule has 3 rings (SSSR count). The van der Waals surface area contributed by atoms with Crippen LogP contribution in [0.2, 0.25) is 0 Å². The minimum atomic E-state index is -3.87. The summed E-state index contributed by atoms with van der Waals surface area (Å²) in [5, 5.41) is 15.6. The van der Waals surface area contributed by atoms with Gasteiger partial charge in [0.2, 0.25) is 12.3 Å². The average Bonchev–Trinajstić information content (AvgIpc) is 3.31. The standard InChI is InChI=1S/C22H29F2N3O3S.C4H4O4/c1-4-12-27-13-11-18(14-27)30-21-10-9-20(16(3)25-21)26-31(28,29)19-7-5-17(6-8-19)15(2)22(23)24;5-3(6)1-2-4(7)8/h5-10,15,18,22,26H,4,11-14H2,1-3H3;1-2H,(H,5,6)(H,7,8)/t15-,18?;/m0./s1. The number of pyridine rings is 1. The number of halogens is 2. The Bertz CT molecular complexity index is 1240. The number of nitrogens with one attached hydrogen (secondary N) is 1. The number of rotatable bonds is 11. The van der Waals surface area contributed by atoms with Crippen LogP contribution in [-0.4, -0.2) is 72.6 Å². The molecule has 1 aliphatic rings. The van der Waals surface area contributed by atoms with Crippen molar-refractivity contribution < 1.29 is 41.7 Å². The monoisotopic (exact) mass is 569 g/mol. The zero-order valence-corrected chi connectivity index (χ0v) is 22.7. The number of carboxylic acid groups (broad SMARTS) is 2. The second-order valence-electron chi connectivity index (χ2n) is 8.92. The molecule has 0 spiro atoms. The van der Waals surface area contributed by atoms with Gasteiger partial charge in [-0.05, 0) is 50.1 Å². The van der Waals surface area contributed by atoms with E-state index in [1.165, 1.54) is 31.2 Å². The van der Waals surface area contributed by atoms with Gasteiger partial charge in [-0.3, -0.25) is 9.62 Å². The first-order valence-corrected chi connectivity index (χ1v) is 13.7. The van der Waals surface area contributed by atoms with E-state index in [0.717, 1.165) is 32.5 Å². The van der Waals surface area contributed by atoms with Gasteiger partial charge in [-0.25, -0.2) is 31.8 Å². The number of carbonyl (C=O) groups is 2. The lowest BCUT2D eigenvalue weighted by Gasteiger charge is -2.17. The van der Waals surface area contributed by atoms with Gasteiger partial charge in [-0.1, -0.05) is 26.0 Å². The van der Waals surface area contributed by atoms with Gasteiger partial charge >= 0.3 is 11.9 Å². The lowest BCUT2D eigenvalue weighted by molar-refractivity contribution is -0.134. The van der Waals surface area contributed by atoms with Crippen molar-refractivity contribution in [2.75, 3.05) is 24.4 Å². The molecule has 214 valence electrons. The van der Waals surface area contributed by atoms with Crippen molar-refractivity contribution in [3.63, 3.8) is 0 Å². The zero-order valence-electron chi connectivity index (χ0n) is 21.9. The Balaban J connectivity index is 0.000000580. The molecule has 0 amide bonds. The van der Waals surface area contributed by atoms with Gasteiger partial charge in [-0.15, -0.1) is 0 Å². The Morgan fingerprint density at radius 1 is 1.15 bits per heavy atom. The van der Waals surface area contributed by atoms with Gasteiger partial charge in [0.25, 0.3) is 10.0 Å². The number of hydrogen-bond donors (Lipinski definition) is 3. The highest BCUT2D eigenvalue weighted by atomic mass is 32.2. The minimum absolute atomic E-state index is 0.000543. The van der Waals surface area contributed by atoms with Crippen LogP contribution in [0.5, 0.6) is 5.88 Å². The summed E-state index contributed by atoms with van der Waals surface area (Å²) in [5.41, 5.74) is 1.22. The van der Waals surface area contributed by atoms with Gasteiger partial charge in [0, 0.05) is 37.2 Å². The third-order valence-corrected chi connectivity index (χ3v) is 7.21. The Hall–Kier alpha value is -3.58. The summed E-state index contributed by atoms with van der Waals surface area (Å²) in [6, 6.07) is 8.77. The summed E-state index contributed by atoms with van der Waals surface area (Å²) in [6.45, 7) is 8.17. The highest BCUT2D eigenvalue weighted by Crippen LogP contribution is 2.26. The van der Waals surface area contributed by atoms with Crippen LogP contribution in [0.25, 0.3) is 0 Å². The SMILES string of the molecule is CCCN1CCC(Oc2ccc(NS(=O)(=O)c3ccc([C@H](C)C(F)F)cc3)c(C)n2)C1.O=C(O)C=CC(=O)O. The van der Waals surface area contributed by atoms with Gasteiger partial charge in [0.15, 0.2) is 0 Å². The Labute approximate surface area is 226 Å². The molecule has 39 heavy (non-hydrogen) atoms. The molecule has 2 heterocycles. The number of ether oxygens (including phenoxy) is 1. The van der Waals surface area contributed by atoms with Crippen LogP contribution < -0.4 is 9.46 Å². The maximum absolute atomic E-state index is 12.8. The molecule has 2 aromatic rings. The fraction of sp³-hybridized carbons (Fsp3) is 0.423. The molecule has 1 saturated heterocycles. The Morgan fingerprint density at radius 3 is 2.28 bits per heavy atom. The molecule has 0 saturated carbocycles. The van der Waals surface area contributed by atoms with E-state index in [4.69, 9.17) is 14.9 Å². The molecular formula is C26H33F2N3O7S. The van der Waals surface area contributed by atoms with E-state index in [-0.39, 0.29) is 11.0 Å². The number of alkyl halides is 2. The molecular weight excluding hydrogens is 536 g/mol. The number of sulfonamides is 1. The zero-order chi connectivity index (χ0) is 29.2.